The lowest BCUT2D eigenvalue weighted by atomic mass is 10.1. The Balaban J connectivity index is 2.04. The Labute approximate surface area is 150 Å². The molecule has 1 heterocycles. The summed E-state index contributed by atoms with van der Waals surface area (Å²) in [6.45, 7) is -0.150. The Morgan fingerprint density at radius 1 is 1.15 bits per heavy atom. The van der Waals surface area contributed by atoms with Gasteiger partial charge in [0.1, 0.15) is 12.6 Å². The second-order valence-electron chi connectivity index (χ2n) is 5.88. The molecule has 0 saturated carbocycles. The van der Waals surface area contributed by atoms with Crippen LogP contribution in [0, 0.1) is 0 Å². The smallest absolute Gasteiger partial charge is 0.308 e. The van der Waals surface area contributed by atoms with Crippen LogP contribution in [0.2, 0.25) is 0 Å². The molecule has 1 aliphatic heterocycles. The Kier molecular flexibility index (Phi) is 6.67. The van der Waals surface area contributed by atoms with Crippen LogP contribution in [0.15, 0.2) is 30.3 Å². The summed E-state index contributed by atoms with van der Waals surface area (Å²) in [5, 5.41) is 0. The fraction of sp³-hybridized carbons (Fsp3) is 0.412. The van der Waals surface area contributed by atoms with E-state index in [4.69, 9.17) is 16.2 Å². The summed E-state index contributed by atoms with van der Waals surface area (Å²) in [5.74, 6) is -2.25. The SMILES string of the molecule is NCC(=O)N1CCN(CC(N)=O)C(=O)C1CC(=O)OCc1ccccc1. The minimum absolute atomic E-state index is 0.0659. The summed E-state index contributed by atoms with van der Waals surface area (Å²) in [5.41, 5.74) is 11.3. The molecular formula is C17H22N4O5. The fourth-order valence-electron chi connectivity index (χ4n) is 2.75. The van der Waals surface area contributed by atoms with E-state index in [1.165, 1.54) is 9.80 Å². The average Bonchev–Trinajstić information content (AvgIpc) is 2.63. The highest BCUT2D eigenvalue weighted by atomic mass is 16.5. The van der Waals surface area contributed by atoms with Gasteiger partial charge in [0.2, 0.25) is 17.7 Å². The average molecular weight is 362 g/mol. The lowest BCUT2D eigenvalue weighted by molar-refractivity contribution is -0.158. The lowest BCUT2D eigenvalue weighted by Crippen LogP contribution is -2.61. The molecular weight excluding hydrogens is 340 g/mol. The summed E-state index contributed by atoms with van der Waals surface area (Å²) in [6.07, 6.45) is -0.313. The van der Waals surface area contributed by atoms with Crippen molar-refractivity contribution in [3.05, 3.63) is 35.9 Å². The number of primary amides is 1. The summed E-state index contributed by atoms with van der Waals surface area (Å²) in [6, 6.07) is 8.03. The largest absolute Gasteiger partial charge is 0.461 e. The van der Waals surface area contributed by atoms with E-state index in [1.54, 1.807) is 12.1 Å². The zero-order valence-corrected chi connectivity index (χ0v) is 14.3. The third-order valence-electron chi connectivity index (χ3n) is 4.03. The quantitative estimate of drug-likeness (QED) is 0.573. The maximum atomic E-state index is 12.6. The number of benzene rings is 1. The molecule has 0 radical (unpaired) electrons. The van der Waals surface area contributed by atoms with Crippen molar-refractivity contribution < 1.29 is 23.9 Å². The van der Waals surface area contributed by atoms with Crippen LogP contribution in [0.25, 0.3) is 0 Å². The molecule has 1 atom stereocenters. The second-order valence-corrected chi connectivity index (χ2v) is 5.88. The Morgan fingerprint density at radius 2 is 1.85 bits per heavy atom. The first-order chi connectivity index (χ1) is 12.4. The number of nitrogens with zero attached hydrogens (tertiary/aromatic N) is 2. The monoisotopic (exact) mass is 362 g/mol. The van der Waals surface area contributed by atoms with Crippen LogP contribution in [-0.4, -0.2) is 65.7 Å². The number of rotatable bonds is 7. The van der Waals surface area contributed by atoms with E-state index in [9.17, 15) is 19.2 Å². The normalized spacial score (nSPS) is 17.1. The predicted octanol–water partition coefficient (Wildman–Crippen LogP) is -1.40. The molecule has 1 unspecified atom stereocenters. The number of carbonyl (C=O) groups is 4. The van der Waals surface area contributed by atoms with Crippen molar-refractivity contribution in [2.45, 2.75) is 19.1 Å². The van der Waals surface area contributed by atoms with Crippen molar-refractivity contribution in [1.29, 1.82) is 0 Å². The molecule has 1 aromatic rings. The predicted molar refractivity (Wildman–Crippen MR) is 91.2 cm³/mol. The molecule has 9 heteroatoms. The number of hydrogen-bond donors (Lipinski definition) is 2. The molecule has 26 heavy (non-hydrogen) atoms. The molecule has 3 amide bonds. The second kappa shape index (κ2) is 8.95. The van der Waals surface area contributed by atoms with Crippen LogP contribution in [0.3, 0.4) is 0 Å². The number of ether oxygens (including phenoxy) is 1. The highest BCUT2D eigenvalue weighted by molar-refractivity contribution is 5.94. The first-order valence-corrected chi connectivity index (χ1v) is 8.18. The molecule has 140 valence electrons. The van der Waals surface area contributed by atoms with Gasteiger partial charge in [-0.05, 0) is 5.56 Å². The molecule has 0 aromatic heterocycles. The number of carbonyl (C=O) groups excluding carboxylic acids is 4. The van der Waals surface area contributed by atoms with Gasteiger partial charge in [-0.2, -0.15) is 0 Å². The first-order valence-electron chi connectivity index (χ1n) is 8.18. The maximum absolute atomic E-state index is 12.6. The van der Waals surface area contributed by atoms with Crippen LogP contribution in [-0.2, 0) is 30.5 Å². The van der Waals surface area contributed by atoms with E-state index in [1.807, 2.05) is 18.2 Å². The number of hydrogen-bond acceptors (Lipinski definition) is 6. The summed E-state index contributed by atoms with van der Waals surface area (Å²) >= 11 is 0. The number of piperazine rings is 1. The maximum Gasteiger partial charge on any atom is 0.308 e. The highest BCUT2D eigenvalue weighted by Crippen LogP contribution is 2.16. The third kappa shape index (κ3) is 5.03. The van der Waals surface area contributed by atoms with E-state index in [0.29, 0.717) is 0 Å². The lowest BCUT2D eigenvalue weighted by Gasteiger charge is -2.39. The number of nitrogens with two attached hydrogens (primary N) is 2. The van der Waals surface area contributed by atoms with E-state index < -0.39 is 29.7 Å². The third-order valence-corrected chi connectivity index (χ3v) is 4.03. The van der Waals surface area contributed by atoms with Gasteiger partial charge in [0.25, 0.3) is 0 Å². The van der Waals surface area contributed by atoms with Crippen LogP contribution in [0.1, 0.15) is 12.0 Å². The van der Waals surface area contributed by atoms with E-state index in [-0.39, 0.29) is 39.2 Å². The van der Waals surface area contributed by atoms with E-state index >= 15 is 0 Å². The van der Waals surface area contributed by atoms with Crippen molar-refractivity contribution in [2.75, 3.05) is 26.2 Å². The van der Waals surface area contributed by atoms with Crippen molar-refractivity contribution in [1.82, 2.24) is 9.80 Å². The van der Waals surface area contributed by atoms with Gasteiger partial charge in [-0.15, -0.1) is 0 Å². The van der Waals surface area contributed by atoms with Crippen LogP contribution in [0.5, 0.6) is 0 Å². The van der Waals surface area contributed by atoms with Crippen LogP contribution in [0.4, 0.5) is 0 Å². The summed E-state index contributed by atoms with van der Waals surface area (Å²) < 4.78 is 5.19. The van der Waals surface area contributed by atoms with Crippen LogP contribution < -0.4 is 11.5 Å². The van der Waals surface area contributed by atoms with Gasteiger partial charge in [0, 0.05) is 13.1 Å². The number of esters is 1. The molecule has 0 bridgehead atoms. The molecule has 0 aliphatic carbocycles. The van der Waals surface area contributed by atoms with Gasteiger partial charge >= 0.3 is 5.97 Å². The zero-order chi connectivity index (χ0) is 19.1. The molecule has 2 rings (SSSR count). The minimum atomic E-state index is -1.05. The van der Waals surface area contributed by atoms with Crippen molar-refractivity contribution in [3.8, 4) is 0 Å². The van der Waals surface area contributed by atoms with Crippen molar-refractivity contribution in [3.63, 3.8) is 0 Å². The molecule has 1 fully saturated rings. The van der Waals surface area contributed by atoms with Crippen LogP contribution >= 0.6 is 0 Å². The van der Waals surface area contributed by atoms with E-state index in [2.05, 4.69) is 0 Å². The van der Waals surface area contributed by atoms with Crippen molar-refractivity contribution >= 4 is 23.7 Å². The van der Waals surface area contributed by atoms with Gasteiger partial charge in [0.05, 0.1) is 19.5 Å². The summed E-state index contributed by atoms with van der Waals surface area (Å²) in [4.78, 5) is 50.3. The fourth-order valence-corrected chi connectivity index (χ4v) is 2.75. The highest BCUT2D eigenvalue weighted by Gasteiger charge is 2.39. The minimum Gasteiger partial charge on any atom is -0.461 e. The Morgan fingerprint density at radius 3 is 2.46 bits per heavy atom. The molecule has 9 nitrogen and oxygen atoms in total. The molecule has 1 aliphatic rings. The summed E-state index contributed by atoms with van der Waals surface area (Å²) in [7, 11) is 0. The molecule has 4 N–H and O–H groups in total. The zero-order valence-electron chi connectivity index (χ0n) is 14.3. The standard InChI is InChI=1S/C17H22N4O5/c18-9-15(23)21-7-6-20(10-14(19)22)17(25)13(21)8-16(24)26-11-12-4-2-1-3-5-12/h1-5,13H,6-11,18H2,(H2,19,22). The molecule has 0 spiro atoms. The Hall–Kier alpha value is -2.94. The van der Waals surface area contributed by atoms with Gasteiger partial charge in [-0.25, -0.2) is 0 Å². The number of amides is 3. The van der Waals surface area contributed by atoms with Gasteiger partial charge < -0.3 is 26.0 Å². The molecule has 1 saturated heterocycles. The van der Waals surface area contributed by atoms with Crippen molar-refractivity contribution in [2.24, 2.45) is 11.5 Å². The first kappa shape index (κ1) is 19.4. The topological polar surface area (TPSA) is 136 Å². The van der Waals surface area contributed by atoms with Gasteiger partial charge in [0.15, 0.2) is 0 Å². The molecule has 1 aromatic carbocycles. The van der Waals surface area contributed by atoms with Gasteiger partial charge in [-0.1, -0.05) is 30.3 Å². The van der Waals surface area contributed by atoms with E-state index in [0.717, 1.165) is 5.56 Å². The Bertz CT molecular complexity index is 679. The van der Waals surface area contributed by atoms with Gasteiger partial charge in [-0.3, -0.25) is 19.2 Å².